The zero-order valence-electron chi connectivity index (χ0n) is 8.96. The summed E-state index contributed by atoms with van der Waals surface area (Å²) in [5.74, 6) is 0.396. The lowest BCUT2D eigenvalue weighted by atomic mass is 9.99. The molecule has 3 nitrogen and oxygen atoms in total. The molecule has 1 atom stereocenters. The number of hydrogen-bond acceptors (Lipinski definition) is 3. The number of methoxy groups -OCH3 is 2. The number of ether oxygens (including phenoxy) is 3. The van der Waals surface area contributed by atoms with Crippen LogP contribution in [0.5, 0.6) is 11.5 Å². The Labute approximate surface area is 87.8 Å². The first kappa shape index (κ1) is 10.2. The molecule has 1 aliphatic heterocycles. The van der Waals surface area contributed by atoms with Gasteiger partial charge in [-0.3, -0.25) is 0 Å². The summed E-state index contributed by atoms with van der Waals surface area (Å²) in [5.41, 5.74) is 0.172. The van der Waals surface area contributed by atoms with Gasteiger partial charge in [0.1, 0.15) is 11.4 Å². The Balaban J connectivity index is 2.60. The molecule has 2 rings (SSSR count). The van der Waals surface area contributed by atoms with Crippen LogP contribution in [-0.2, 0) is 10.3 Å². The average molecular weight is 212 g/mol. The highest BCUT2D eigenvalue weighted by molar-refractivity contribution is 5.51. The van der Waals surface area contributed by atoms with Gasteiger partial charge in [-0.05, 0) is 19.1 Å². The minimum Gasteiger partial charge on any atom is -0.496 e. The van der Waals surface area contributed by atoms with E-state index in [4.69, 9.17) is 14.2 Å². The Morgan fingerprint density at radius 3 is 2.47 bits per heavy atom. The van der Waals surface area contributed by atoms with Gasteiger partial charge >= 0.3 is 0 Å². The van der Waals surface area contributed by atoms with E-state index in [0.717, 1.165) is 0 Å². The normalized spacial score (nSPS) is 23.7. The highest BCUT2D eigenvalue weighted by Gasteiger charge is 2.46. The van der Waals surface area contributed by atoms with Gasteiger partial charge in [0.25, 0.3) is 0 Å². The van der Waals surface area contributed by atoms with Gasteiger partial charge in [-0.25, -0.2) is 4.39 Å². The predicted octanol–water partition coefficient (Wildman–Crippen LogP) is 2.09. The highest BCUT2D eigenvalue weighted by atomic mass is 19.1. The van der Waals surface area contributed by atoms with Crippen LogP contribution in [0, 0.1) is 5.82 Å². The summed E-state index contributed by atoms with van der Waals surface area (Å²) in [5, 5.41) is 0. The molecule has 1 unspecified atom stereocenters. The molecule has 0 radical (unpaired) electrons. The van der Waals surface area contributed by atoms with Gasteiger partial charge in [0.15, 0.2) is 11.6 Å². The lowest BCUT2D eigenvalue weighted by molar-refractivity contribution is 0.296. The maximum absolute atomic E-state index is 13.5. The van der Waals surface area contributed by atoms with Crippen LogP contribution in [0.2, 0.25) is 0 Å². The van der Waals surface area contributed by atoms with Crippen LogP contribution in [0.4, 0.5) is 4.39 Å². The Bertz CT molecular complexity index is 386. The summed E-state index contributed by atoms with van der Waals surface area (Å²) in [6, 6.07) is 2.91. The van der Waals surface area contributed by atoms with Gasteiger partial charge < -0.3 is 14.2 Å². The number of hydrogen-bond donors (Lipinski definition) is 0. The van der Waals surface area contributed by atoms with Gasteiger partial charge in [0.2, 0.25) is 0 Å². The molecule has 4 heteroatoms. The van der Waals surface area contributed by atoms with E-state index in [2.05, 4.69) is 0 Å². The Hall–Kier alpha value is -1.29. The van der Waals surface area contributed by atoms with E-state index >= 15 is 0 Å². The Morgan fingerprint density at radius 2 is 2.00 bits per heavy atom. The number of epoxide rings is 1. The molecule has 0 aliphatic carbocycles. The molecule has 82 valence electrons. The largest absolute Gasteiger partial charge is 0.496 e. The van der Waals surface area contributed by atoms with Crippen molar-refractivity contribution in [1.82, 2.24) is 0 Å². The van der Waals surface area contributed by atoms with E-state index in [1.165, 1.54) is 13.2 Å². The maximum Gasteiger partial charge on any atom is 0.165 e. The highest BCUT2D eigenvalue weighted by Crippen LogP contribution is 2.48. The maximum atomic E-state index is 13.5. The van der Waals surface area contributed by atoms with Crippen molar-refractivity contribution in [3.05, 3.63) is 23.5 Å². The minimum atomic E-state index is -0.473. The minimum absolute atomic E-state index is 0.203. The smallest absolute Gasteiger partial charge is 0.165 e. The van der Waals surface area contributed by atoms with Crippen molar-refractivity contribution in [1.29, 1.82) is 0 Å². The van der Waals surface area contributed by atoms with E-state index < -0.39 is 11.4 Å². The van der Waals surface area contributed by atoms with Crippen molar-refractivity contribution < 1.29 is 18.6 Å². The molecule has 0 N–H and O–H groups in total. The van der Waals surface area contributed by atoms with Crippen molar-refractivity contribution in [3.8, 4) is 11.5 Å². The van der Waals surface area contributed by atoms with Crippen molar-refractivity contribution in [2.75, 3.05) is 20.8 Å². The van der Waals surface area contributed by atoms with Crippen LogP contribution in [-0.4, -0.2) is 20.8 Å². The molecular formula is C11H13FO3. The molecule has 0 amide bonds. The summed E-state index contributed by atoms with van der Waals surface area (Å²) in [7, 11) is 2.98. The summed E-state index contributed by atoms with van der Waals surface area (Å²) in [6.07, 6.45) is 0. The van der Waals surface area contributed by atoms with Crippen LogP contribution in [0.25, 0.3) is 0 Å². The third-order valence-electron chi connectivity index (χ3n) is 2.60. The second-order valence-corrected chi connectivity index (χ2v) is 3.68. The average Bonchev–Trinajstić information content (AvgIpc) is 2.97. The predicted molar refractivity (Wildman–Crippen MR) is 52.8 cm³/mol. The van der Waals surface area contributed by atoms with Gasteiger partial charge in [0.05, 0.1) is 26.4 Å². The number of rotatable bonds is 3. The molecular weight excluding hydrogens is 199 g/mol. The topological polar surface area (TPSA) is 31.0 Å². The Morgan fingerprint density at radius 1 is 1.33 bits per heavy atom. The first-order chi connectivity index (χ1) is 7.12. The molecule has 1 fully saturated rings. The second kappa shape index (κ2) is 3.38. The van der Waals surface area contributed by atoms with Crippen molar-refractivity contribution in [2.45, 2.75) is 12.5 Å². The first-order valence-electron chi connectivity index (χ1n) is 4.67. The summed E-state index contributed by atoms with van der Waals surface area (Å²) in [6.45, 7) is 2.44. The quantitative estimate of drug-likeness (QED) is 0.719. The molecule has 0 aromatic heterocycles. The zero-order valence-corrected chi connectivity index (χ0v) is 8.96. The fourth-order valence-corrected chi connectivity index (χ4v) is 1.66. The molecule has 0 bridgehead atoms. The molecule has 1 aromatic carbocycles. The van der Waals surface area contributed by atoms with E-state index in [-0.39, 0.29) is 5.75 Å². The van der Waals surface area contributed by atoms with Crippen LogP contribution < -0.4 is 9.47 Å². The standard InChI is InChI=1S/C11H13FO3/c1-11(6-15-11)9-8(13-2)5-4-7(12)10(9)14-3/h4-5H,6H2,1-3H3. The van der Waals surface area contributed by atoms with Crippen LogP contribution in [0.3, 0.4) is 0 Å². The van der Waals surface area contributed by atoms with Crippen LogP contribution in [0.1, 0.15) is 12.5 Å². The summed E-state index contributed by atoms with van der Waals surface area (Å²) in [4.78, 5) is 0. The fraction of sp³-hybridized carbons (Fsp3) is 0.455. The molecule has 1 heterocycles. The summed E-state index contributed by atoms with van der Waals surface area (Å²) < 4.78 is 29.0. The fourth-order valence-electron chi connectivity index (χ4n) is 1.66. The second-order valence-electron chi connectivity index (χ2n) is 3.68. The Kier molecular flexibility index (Phi) is 2.31. The van der Waals surface area contributed by atoms with Crippen molar-refractivity contribution in [2.24, 2.45) is 0 Å². The van der Waals surface area contributed by atoms with Crippen molar-refractivity contribution >= 4 is 0 Å². The first-order valence-corrected chi connectivity index (χ1v) is 4.67. The number of benzene rings is 1. The monoisotopic (exact) mass is 212 g/mol. The van der Waals surface area contributed by atoms with Crippen LogP contribution >= 0.6 is 0 Å². The van der Waals surface area contributed by atoms with E-state index in [1.807, 2.05) is 6.92 Å². The van der Waals surface area contributed by atoms with Gasteiger partial charge in [0, 0.05) is 0 Å². The zero-order chi connectivity index (χ0) is 11.1. The summed E-state index contributed by atoms with van der Waals surface area (Å²) >= 11 is 0. The molecule has 0 saturated carbocycles. The molecule has 1 aliphatic rings. The third-order valence-corrected chi connectivity index (χ3v) is 2.60. The van der Waals surface area contributed by atoms with Gasteiger partial charge in [-0.15, -0.1) is 0 Å². The van der Waals surface area contributed by atoms with Crippen LogP contribution in [0.15, 0.2) is 12.1 Å². The molecule has 1 aromatic rings. The number of halogens is 1. The molecule has 0 spiro atoms. The van der Waals surface area contributed by atoms with E-state index in [1.54, 1.807) is 13.2 Å². The van der Waals surface area contributed by atoms with E-state index in [9.17, 15) is 4.39 Å². The van der Waals surface area contributed by atoms with Gasteiger partial charge in [-0.1, -0.05) is 0 Å². The third kappa shape index (κ3) is 1.55. The van der Waals surface area contributed by atoms with Gasteiger partial charge in [-0.2, -0.15) is 0 Å². The van der Waals surface area contributed by atoms with Crippen molar-refractivity contribution in [3.63, 3.8) is 0 Å². The van der Waals surface area contributed by atoms with E-state index in [0.29, 0.717) is 17.9 Å². The SMILES string of the molecule is COc1ccc(F)c(OC)c1C1(C)CO1. The molecule has 1 saturated heterocycles. The lowest BCUT2D eigenvalue weighted by Gasteiger charge is -2.16. The lowest BCUT2D eigenvalue weighted by Crippen LogP contribution is -2.09. The molecule has 15 heavy (non-hydrogen) atoms.